The number of hydrogen-bond acceptors (Lipinski definition) is 5. The van der Waals surface area contributed by atoms with Crippen LogP contribution in [0.4, 0.5) is 11.8 Å². The first-order chi connectivity index (χ1) is 11.6. The van der Waals surface area contributed by atoms with E-state index in [0.717, 1.165) is 11.1 Å². The highest BCUT2D eigenvalue weighted by molar-refractivity contribution is 5.95. The lowest BCUT2D eigenvalue weighted by molar-refractivity contribution is 0.101. The maximum atomic E-state index is 11.6. The van der Waals surface area contributed by atoms with Crippen molar-refractivity contribution >= 4 is 17.5 Å². The fourth-order valence-corrected chi connectivity index (χ4v) is 2.39. The molecule has 0 aliphatic heterocycles. The second-order valence-corrected chi connectivity index (χ2v) is 5.47. The summed E-state index contributed by atoms with van der Waals surface area (Å²) in [6.45, 7) is 2.19. The zero-order valence-electron chi connectivity index (χ0n) is 13.4. The number of Topliss-reactive ketones (excluding diaryl/α,β-unsaturated/α-hetero) is 1. The molecule has 0 atom stereocenters. The summed E-state index contributed by atoms with van der Waals surface area (Å²) < 4.78 is 0. The number of rotatable bonds is 5. The van der Waals surface area contributed by atoms with Crippen molar-refractivity contribution in [2.75, 3.05) is 11.1 Å². The van der Waals surface area contributed by atoms with Gasteiger partial charge >= 0.3 is 0 Å². The normalized spacial score (nSPS) is 10.4. The zero-order valence-corrected chi connectivity index (χ0v) is 13.4. The van der Waals surface area contributed by atoms with Gasteiger partial charge in [-0.05, 0) is 18.6 Å². The molecular formula is C19H18N4O. The van der Waals surface area contributed by atoms with E-state index in [1.807, 2.05) is 54.6 Å². The molecule has 5 nitrogen and oxygen atoms in total. The Morgan fingerprint density at radius 1 is 1.04 bits per heavy atom. The summed E-state index contributed by atoms with van der Waals surface area (Å²) in [5.41, 5.74) is 9.14. The summed E-state index contributed by atoms with van der Waals surface area (Å²) >= 11 is 0. The largest absolute Gasteiger partial charge is 0.368 e. The molecule has 0 radical (unpaired) electrons. The first-order valence-electron chi connectivity index (χ1n) is 7.65. The standard InChI is InChI=1S/C19H18N4O/c1-13(24)15-8-5-9-16(10-15)17-11-18(23-19(20)22-17)21-12-14-6-3-2-4-7-14/h2-11H,12H2,1H3,(H3,20,21,22,23). The number of nitrogens with two attached hydrogens (primary N) is 1. The minimum atomic E-state index is 0.0151. The van der Waals surface area contributed by atoms with E-state index in [4.69, 9.17) is 5.73 Å². The average Bonchev–Trinajstić information content (AvgIpc) is 2.60. The van der Waals surface area contributed by atoms with Crippen LogP contribution in [0.1, 0.15) is 22.8 Å². The van der Waals surface area contributed by atoms with Gasteiger partial charge in [0.05, 0.1) is 5.69 Å². The van der Waals surface area contributed by atoms with Gasteiger partial charge in [0.25, 0.3) is 0 Å². The molecular weight excluding hydrogens is 300 g/mol. The number of carbonyl (C=O) groups is 1. The van der Waals surface area contributed by atoms with Gasteiger partial charge in [0, 0.05) is 23.7 Å². The van der Waals surface area contributed by atoms with Crippen molar-refractivity contribution in [3.05, 3.63) is 71.8 Å². The molecule has 1 aromatic heterocycles. The SMILES string of the molecule is CC(=O)c1cccc(-c2cc(NCc3ccccc3)nc(N)n2)c1. The van der Waals surface area contributed by atoms with Crippen molar-refractivity contribution in [1.29, 1.82) is 0 Å². The summed E-state index contributed by atoms with van der Waals surface area (Å²) in [7, 11) is 0. The van der Waals surface area contributed by atoms with E-state index in [0.29, 0.717) is 23.6 Å². The van der Waals surface area contributed by atoms with Crippen LogP contribution in [-0.4, -0.2) is 15.8 Å². The third-order valence-electron chi connectivity index (χ3n) is 3.62. The van der Waals surface area contributed by atoms with Gasteiger partial charge < -0.3 is 11.1 Å². The van der Waals surface area contributed by atoms with Crippen molar-refractivity contribution in [2.45, 2.75) is 13.5 Å². The fraction of sp³-hybridized carbons (Fsp3) is 0.105. The van der Waals surface area contributed by atoms with E-state index < -0.39 is 0 Å². The highest BCUT2D eigenvalue weighted by Gasteiger charge is 2.07. The summed E-state index contributed by atoms with van der Waals surface area (Å²) in [6, 6.07) is 19.2. The second-order valence-electron chi connectivity index (χ2n) is 5.47. The van der Waals surface area contributed by atoms with Crippen LogP contribution in [-0.2, 0) is 6.54 Å². The van der Waals surface area contributed by atoms with E-state index in [9.17, 15) is 4.79 Å². The van der Waals surface area contributed by atoms with Gasteiger partial charge in [-0.15, -0.1) is 0 Å². The molecule has 2 aromatic carbocycles. The maximum Gasteiger partial charge on any atom is 0.222 e. The Labute approximate surface area is 140 Å². The number of anilines is 2. The predicted molar refractivity (Wildman–Crippen MR) is 95.7 cm³/mol. The Balaban J connectivity index is 1.86. The topological polar surface area (TPSA) is 80.9 Å². The number of carbonyl (C=O) groups excluding carboxylic acids is 1. The maximum absolute atomic E-state index is 11.6. The van der Waals surface area contributed by atoms with Crippen molar-refractivity contribution < 1.29 is 4.79 Å². The van der Waals surface area contributed by atoms with E-state index in [-0.39, 0.29) is 11.7 Å². The van der Waals surface area contributed by atoms with Crippen molar-refractivity contribution in [3.63, 3.8) is 0 Å². The molecule has 3 aromatic rings. The van der Waals surface area contributed by atoms with Gasteiger partial charge in [-0.25, -0.2) is 4.98 Å². The average molecular weight is 318 g/mol. The third kappa shape index (κ3) is 3.76. The van der Waals surface area contributed by atoms with Gasteiger partial charge in [-0.1, -0.05) is 48.5 Å². The molecule has 5 heteroatoms. The molecule has 3 rings (SSSR count). The van der Waals surface area contributed by atoms with E-state index >= 15 is 0 Å². The smallest absolute Gasteiger partial charge is 0.222 e. The first-order valence-corrected chi connectivity index (χ1v) is 7.65. The van der Waals surface area contributed by atoms with Crippen molar-refractivity contribution in [2.24, 2.45) is 0 Å². The number of ketones is 1. The Morgan fingerprint density at radius 3 is 2.58 bits per heavy atom. The van der Waals surface area contributed by atoms with Crippen molar-refractivity contribution in [3.8, 4) is 11.3 Å². The molecule has 0 saturated heterocycles. The molecule has 120 valence electrons. The number of hydrogen-bond donors (Lipinski definition) is 2. The molecule has 0 fully saturated rings. The molecule has 0 bridgehead atoms. The lowest BCUT2D eigenvalue weighted by atomic mass is 10.1. The Hall–Kier alpha value is -3.21. The molecule has 24 heavy (non-hydrogen) atoms. The Bertz CT molecular complexity index is 862. The zero-order chi connectivity index (χ0) is 16.9. The van der Waals surface area contributed by atoms with Crippen LogP contribution in [0.5, 0.6) is 0 Å². The molecule has 0 saturated carbocycles. The molecule has 0 aliphatic carbocycles. The van der Waals surface area contributed by atoms with Crippen LogP contribution in [0, 0.1) is 0 Å². The number of benzene rings is 2. The van der Waals surface area contributed by atoms with Crippen LogP contribution in [0.3, 0.4) is 0 Å². The first kappa shape index (κ1) is 15.7. The highest BCUT2D eigenvalue weighted by Crippen LogP contribution is 2.22. The second kappa shape index (κ2) is 6.91. The Morgan fingerprint density at radius 2 is 1.83 bits per heavy atom. The van der Waals surface area contributed by atoms with Gasteiger partial charge in [0.15, 0.2) is 5.78 Å². The highest BCUT2D eigenvalue weighted by atomic mass is 16.1. The third-order valence-corrected chi connectivity index (χ3v) is 3.62. The number of nitrogen functional groups attached to an aromatic ring is 1. The molecule has 3 N–H and O–H groups in total. The van der Waals surface area contributed by atoms with Crippen molar-refractivity contribution in [1.82, 2.24) is 9.97 Å². The van der Waals surface area contributed by atoms with Crippen LogP contribution >= 0.6 is 0 Å². The molecule has 1 heterocycles. The summed E-state index contributed by atoms with van der Waals surface area (Å²) in [5.74, 6) is 0.854. The summed E-state index contributed by atoms with van der Waals surface area (Å²) in [5, 5.41) is 3.25. The lowest BCUT2D eigenvalue weighted by Gasteiger charge is -2.09. The fourth-order valence-electron chi connectivity index (χ4n) is 2.39. The van der Waals surface area contributed by atoms with Crippen LogP contribution in [0.15, 0.2) is 60.7 Å². The Kier molecular flexibility index (Phi) is 4.52. The molecule has 0 unspecified atom stereocenters. The number of aromatic nitrogens is 2. The quantitative estimate of drug-likeness (QED) is 0.703. The van der Waals surface area contributed by atoms with Crippen LogP contribution < -0.4 is 11.1 Å². The minimum Gasteiger partial charge on any atom is -0.368 e. The van der Waals surface area contributed by atoms with E-state index in [1.54, 1.807) is 13.0 Å². The molecule has 0 amide bonds. The summed E-state index contributed by atoms with van der Waals surface area (Å²) in [6.07, 6.45) is 0. The van der Waals surface area contributed by atoms with E-state index in [2.05, 4.69) is 15.3 Å². The van der Waals surface area contributed by atoms with Gasteiger partial charge in [0.1, 0.15) is 5.82 Å². The lowest BCUT2D eigenvalue weighted by Crippen LogP contribution is -2.05. The monoisotopic (exact) mass is 318 g/mol. The predicted octanol–water partition coefficient (Wildman–Crippen LogP) is 3.54. The van der Waals surface area contributed by atoms with Crippen LogP contribution in [0.2, 0.25) is 0 Å². The van der Waals surface area contributed by atoms with Crippen LogP contribution in [0.25, 0.3) is 11.3 Å². The molecule has 0 aliphatic rings. The summed E-state index contributed by atoms with van der Waals surface area (Å²) in [4.78, 5) is 20.0. The number of nitrogens with zero attached hydrogens (tertiary/aromatic N) is 2. The van der Waals surface area contributed by atoms with Gasteiger partial charge in [0.2, 0.25) is 5.95 Å². The number of nitrogens with one attached hydrogen (secondary N) is 1. The molecule has 0 spiro atoms. The van der Waals surface area contributed by atoms with Gasteiger partial charge in [-0.3, -0.25) is 4.79 Å². The van der Waals surface area contributed by atoms with E-state index in [1.165, 1.54) is 0 Å². The minimum absolute atomic E-state index is 0.0151. The van der Waals surface area contributed by atoms with Gasteiger partial charge in [-0.2, -0.15) is 4.98 Å².